The van der Waals surface area contributed by atoms with E-state index in [1.54, 1.807) is 18.5 Å². The topological polar surface area (TPSA) is 209 Å². The Morgan fingerprint density at radius 2 is 0.793 bits per heavy atom. The van der Waals surface area contributed by atoms with Gasteiger partial charge < -0.3 is 47.5 Å². The minimum absolute atomic E-state index is 0.00314. The lowest BCUT2D eigenvalue weighted by Gasteiger charge is -2.34. The third kappa shape index (κ3) is 17.9. The van der Waals surface area contributed by atoms with E-state index in [2.05, 4.69) is 26.7 Å². The summed E-state index contributed by atoms with van der Waals surface area (Å²) >= 11 is 0. The van der Waals surface area contributed by atoms with Crippen molar-refractivity contribution in [2.45, 2.75) is 127 Å². The summed E-state index contributed by atoms with van der Waals surface area (Å²) in [5.74, 6) is -0.299. The molecule has 0 spiro atoms. The zero-order valence-electron chi connectivity index (χ0n) is 77.1. The molecule has 23 rings (SSSR count). The number of rotatable bonds is 32. The fourth-order valence-corrected chi connectivity index (χ4v) is 21.2. The number of fused-ring (bicyclic) bond motifs is 8. The molecule has 5 aliphatic rings. The van der Waals surface area contributed by atoms with Gasteiger partial charge in [-0.05, 0) is 197 Å². The fourth-order valence-electron chi connectivity index (χ4n) is 21.2. The van der Waals surface area contributed by atoms with Crippen LogP contribution in [0.4, 0.5) is 17.6 Å². The molecule has 5 aliphatic heterocycles. The van der Waals surface area contributed by atoms with Crippen molar-refractivity contribution < 1.29 is 60.2 Å². The van der Waals surface area contributed by atoms with Crippen LogP contribution in [0.3, 0.4) is 0 Å². The van der Waals surface area contributed by atoms with Crippen LogP contribution >= 0.6 is 0 Å². The van der Waals surface area contributed by atoms with E-state index in [9.17, 15) is 0 Å². The number of ether oxygens (including phenoxy) is 9. The number of halogens is 4. The third-order valence-electron chi connectivity index (χ3n) is 28.4. The van der Waals surface area contributed by atoms with Gasteiger partial charge in [-0.15, -0.1) is 0 Å². The van der Waals surface area contributed by atoms with E-state index < -0.39 is 29.2 Å². The molecule has 11 heterocycles. The highest BCUT2D eigenvalue weighted by Crippen LogP contribution is 2.53. The smallest absolute Gasteiger partial charge is 0.320 e. The van der Waals surface area contributed by atoms with Gasteiger partial charge >= 0.3 is 18.0 Å². The van der Waals surface area contributed by atoms with E-state index in [1.165, 1.54) is 6.20 Å². The molecule has 700 valence electrons. The molecule has 5 fully saturated rings. The standard InChI is InChI=1S/C115H98F4N12O9/c1-129-49-21-35-82(129)69-138-111-123-105-95(108(126-111)135-65-74-28-10-4-11-29-74)59-120-103(99(105)117)93-56-84(53-79-33-15-19-38-88(79)93)134-68-80-34-16-17-36-86(80)77-43-41-76(42-44-77)67-137-110-97-61-122-104(101(119)107(97)124-112(127-110)139-70-114-46-22-50-130(114)51-23-47-114)94-57-85(133-64-73-26-8-3-9-27-73)54-91-89(94)39-20-40-90(91)98-45-48-115(58-81(116)62-131(98)115)71-140-113-125-106-96(109(128-113)136-66-75-30-12-5-13-31-75)60-121-102(100(106)118)92-55-83(52-78-32-14-18-37-87(78)92)132-63-72-24-6-2-7-25-72/h2-20,24-34,36-44,52-57,59-61,81-82,98H,21-23,35,45-51,58,62-71H2,1H3/t81-,82+,98?,115+/m1/s1. The first-order chi connectivity index (χ1) is 68.8. The number of hydrogen-bond acceptors (Lipinski definition) is 21. The Balaban J connectivity index is 0.534. The zero-order valence-corrected chi connectivity index (χ0v) is 77.1. The molecule has 0 amide bonds. The molecule has 4 atom stereocenters. The maximum absolute atomic E-state index is 18.8. The third-order valence-corrected chi connectivity index (χ3v) is 28.4. The number of hydrogen-bond donors (Lipinski definition) is 0. The minimum atomic E-state index is -1.24. The molecular formula is C115H98F4N12O9. The first kappa shape index (κ1) is 88.7. The summed E-state index contributed by atoms with van der Waals surface area (Å²) in [7, 11) is 2.07. The van der Waals surface area contributed by atoms with Gasteiger partial charge in [-0.1, -0.05) is 237 Å². The fraction of sp³-hybridized carbons (Fsp3) is 0.243. The zero-order chi connectivity index (χ0) is 94.2. The van der Waals surface area contributed by atoms with Gasteiger partial charge in [-0.2, -0.15) is 29.9 Å². The normalized spacial score (nSPS) is 17.4. The molecule has 25 heteroatoms. The predicted molar refractivity (Wildman–Crippen MR) is 530 cm³/mol. The highest BCUT2D eigenvalue weighted by Gasteiger charge is 2.54. The van der Waals surface area contributed by atoms with Crippen molar-refractivity contribution in [2.24, 2.45) is 0 Å². The molecule has 6 aromatic heterocycles. The quantitative estimate of drug-likeness (QED) is 0.0359. The maximum atomic E-state index is 18.8. The number of pyridine rings is 3. The van der Waals surface area contributed by atoms with E-state index in [0.29, 0.717) is 77.4 Å². The van der Waals surface area contributed by atoms with Gasteiger partial charge in [0.15, 0.2) is 17.5 Å². The second-order valence-corrected chi connectivity index (χ2v) is 37.1. The lowest BCUT2D eigenvalue weighted by Crippen LogP contribution is -2.44. The van der Waals surface area contributed by atoms with Crippen LogP contribution in [0.25, 0.3) is 110 Å². The Bertz CT molecular complexity index is 7670. The van der Waals surface area contributed by atoms with Gasteiger partial charge in [0.05, 0.1) is 27.2 Å². The molecule has 21 nitrogen and oxygen atoms in total. The molecule has 0 bridgehead atoms. The molecule has 1 unspecified atom stereocenters. The Morgan fingerprint density at radius 1 is 0.357 bits per heavy atom. The average molecular weight is 1870 g/mol. The molecule has 18 aromatic rings. The molecule has 0 aliphatic carbocycles. The Hall–Kier alpha value is -15.3. The SMILES string of the molecule is CN1CCC[C@H]1COc1nc(OCc2ccccc2)c2cnc(-c3cc(OCc4ccccc4-c4ccc(COc5nc(OCC67CCCN6CCC7)nc6c(F)c(-c7cc(OCc8ccccc8)cc8c(C9CC[C@@]%10(COc%11nc(OCc%12ccccc%12)c%12cnc(-c%13cc(OCc%14ccccc%14)cc%14ccccc%13%14)c(F)c%12n%11)C[C@@H](F)CN9%10)cccc78)ncc56)cc4)cc4ccccc34)c(F)c2n1. The van der Waals surface area contributed by atoms with Gasteiger partial charge in [0.25, 0.3) is 0 Å². The summed E-state index contributed by atoms with van der Waals surface area (Å²) in [5, 5.41) is 5.37. The lowest BCUT2D eigenvalue weighted by molar-refractivity contribution is 0.0843. The van der Waals surface area contributed by atoms with Gasteiger partial charge in [0, 0.05) is 60.3 Å². The van der Waals surface area contributed by atoms with Crippen LogP contribution in [0.1, 0.15) is 103 Å². The molecule has 140 heavy (non-hydrogen) atoms. The van der Waals surface area contributed by atoms with Gasteiger partial charge in [-0.25, -0.2) is 17.6 Å². The maximum Gasteiger partial charge on any atom is 0.320 e. The second kappa shape index (κ2) is 38.6. The summed E-state index contributed by atoms with van der Waals surface area (Å²) in [6, 6.07) is 87.4. The van der Waals surface area contributed by atoms with Crippen LogP contribution in [0.2, 0.25) is 0 Å². The number of likely N-dealkylation sites (N-methyl/N-ethyl adjacent to an activating group) is 1. The lowest BCUT2D eigenvalue weighted by atomic mass is 9.92. The van der Waals surface area contributed by atoms with Crippen LogP contribution in [0.15, 0.2) is 292 Å². The van der Waals surface area contributed by atoms with E-state index in [0.717, 1.165) is 135 Å². The molecular weight excluding hydrogens is 1770 g/mol. The van der Waals surface area contributed by atoms with Crippen molar-refractivity contribution in [1.82, 2.24) is 59.6 Å². The van der Waals surface area contributed by atoms with E-state index in [-0.39, 0.29) is 150 Å². The summed E-state index contributed by atoms with van der Waals surface area (Å²) in [5.41, 5.74) is 8.45. The minimum Gasteiger partial charge on any atom is -0.489 e. The Kier molecular flexibility index (Phi) is 24.4. The molecule has 12 aromatic carbocycles. The van der Waals surface area contributed by atoms with Crippen molar-refractivity contribution in [1.29, 1.82) is 0 Å². The monoisotopic (exact) mass is 1870 g/mol. The number of aromatic nitrogens is 9. The van der Waals surface area contributed by atoms with Crippen molar-refractivity contribution in [3.8, 4) is 97.8 Å². The predicted octanol–water partition coefficient (Wildman–Crippen LogP) is 23.9. The number of alkyl halides is 1. The largest absolute Gasteiger partial charge is 0.489 e. The van der Waals surface area contributed by atoms with Gasteiger partial charge in [0.2, 0.25) is 17.6 Å². The average Bonchev–Trinajstić information content (AvgIpc) is 1.51. The van der Waals surface area contributed by atoms with Crippen molar-refractivity contribution in [3.05, 3.63) is 348 Å². The van der Waals surface area contributed by atoms with Crippen LogP contribution in [0, 0.1) is 17.5 Å². The first-order valence-electron chi connectivity index (χ1n) is 47.9. The van der Waals surface area contributed by atoms with E-state index in [1.807, 2.05) is 267 Å². The number of likely N-dealkylation sites (tertiary alicyclic amines) is 1. The molecule has 0 N–H and O–H groups in total. The Morgan fingerprint density at radius 3 is 1.30 bits per heavy atom. The van der Waals surface area contributed by atoms with Crippen LogP contribution in [0.5, 0.6) is 52.9 Å². The molecule has 5 saturated heterocycles. The van der Waals surface area contributed by atoms with Gasteiger partial charge in [-0.3, -0.25) is 24.8 Å². The summed E-state index contributed by atoms with van der Waals surface area (Å²) in [4.78, 5) is 50.4. The van der Waals surface area contributed by atoms with Crippen molar-refractivity contribution in [2.75, 3.05) is 53.0 Å². The first-order valence-corrected chi connectivity index (χ1v) is 47.9. The van der Waals surface area contributed by atoms with Crippen LogP contribution < -0.4 is 42.6 Å². The van der Waals surface area contributed by atoms with Gasteiger partial charge in [0.1, 0.15) is 117 Å². The molecule has 0 saturated carbocycles. The van der Waals surface area contributed by atoms with E-state index >= 15 is 17.6 Å². The van der Waals surface area contributed by atoms with Crippen LogP contribution in [-0.2, 0) is 39.6 Å². The van der Waals surface area contributed by atoms with E-state index in [4.69, 9.17) is 82.5 Å². The number of nitrogens with zero attached hydrogens (tertiary/aromatic N) is 12. The van der Waals surface area contributed by atoms with Crippen molar-refractivity contribution in [3.63, 3.8) is 0 Å². The van der Waals surface area contributed by atoms with Crippen molar-refractivity contribution >= 4 is 65.0 Å². The van der Waals surface area contributed by atoms with Crippen LogP contribution in [-0.4, -0.2) is 136 Å². The summed E-state index contributed by atoms with van der Waals surface area (Å²) in [6.45, 7) is 4.54. The summed E-state index contributed by atoms with van der Waals surface area (Å²) < 4.78 is 130. The summed E-state index contributed by atoms with van der Waals surface area (Å²) in [6.07, 6.45) is 10.7. The highest BCUT2D eigenvalue weighted by atomic mass is 19.1. The Labute approximate surface area is 805 Å². The highest BCUT2D eigenvalue weighted by molar-refractivity contribution is 6.03. The molecule has 0 radical (unpaired) electrons. The second-order valence-electron chi connectivity index (χ2n) is 37.1. The number of benzene rings is 12.